The van der Waals surface area contributed by atoms with E-state index >= 15 is 0 Å². The molecule has 5 nitrogen and oxygen atoms in total. The van der Waals surface area contributed by atoms with E-state index < -0.39 is 11.6 Å². The van der Waals surface area contributed by atoms with Gasteiger partial charge in [0, 0.05) is 10.6 Å². The molecule has 2 aromatic carbocycles. The molecular weight excluding hydrogens is 385 g/mol. The van der Waals surface area contributed by atoms with E-state index in [1.165, 1.54) is 0 Å². The van der Waals surface area contributed by atoms with Gasteiger partial charge < -0.3 is 15.0 Å². The Morgan fingerprint density at radius 2 is 1.93 bits per heavy atom. The van der Waals surface area contributed by atoms with Crippen LogP contribution >= 0.6 is 24.0 Å². The minimum Gasteiger partial charge on any atom is -0.476 e. The first-order valence-electron chi connectivity index (χ1n) is 8.66. The zero-order valence-corrected chi connectivity index (χ0v) is 16.5. The summed E-state index contributed by atoms with van der Waals surface area (Å²) in [6.07, 6.45) is 2.32. The Labute approximate surface area is 169 Å². The van der Waals surface area contributed by atoms with Crippen LogP contribution in [0.2, 0.25) is 5.02 Å². The van der Waals surface area contributed by atoms with Crippen LogP contribution in [0.5, 0.6) is 5.75 Å². The maximum Gasteiger partial charge on any atom is 0.272 e. The van der Waals surface area contributed by atoms with Crippen LogP contribution in [0.25, 0.3) is 0 Å². The van der Waals surface area contributed by atoms with E-state index in [1.54, 1.807) is 6.07 Å². The van der Waals surface area contributed by atoms with Crippen LogP contribution in [-0.2, 0) is 5.54 Å². The smallest absolute Gasteiger partial charge is 0.272 e. The van der Waals surface area contributed by atoms with E-state index in [1.807, 2.05) is 49.4 Å². The van der Waals surface area contributed by atoms with E-state index in [0.717, 1.165) is 30.4 Å². The van der Waals surface area contributed by atoms with Crippen molar-refractivity contribution in [2.45, 2.75) is 37.8 Å². The average Bonchev–Trinajstić information content (AvgIpc) is 3.10. The Bertz CT molecular complexity index is 911. The highest BCUT2D eigenvalue weighted by atomic mass is 35.5. The van der Waals surface area contributed by atoms with Gasteiger partial charge in [-0.2, -0.15) is 4.98 Å². The summed E-state index contributed by atoms with van der Waals surface area (Å²) in [6, 6.07) is 15.3. The van der Waals surface area contributed by atoms with Crippen LogP contribution in [-0.4, -0.2) is 10.1 Å². The second-order valence-corrected chi connectivity index (χ2v) is 7.22. The summed E-state index contributed by atoms with van der Waals surface area (Å²) in [5.74, 6) is 1.67. The lowest BCUT2D eigenvalue weighted by molar-refractivity contribution is 0.190. The van der Waals surface area contributed by atoms with Crippen molar-refractivity contribution in [3.8, 4) is 5.75 Å². The summed E-state index contributed by atoms with van der Waals surface area (Å²) in [6.45, 7) is 1.95. The monoisotopic (exact) mass is 405 g/mol. The number of ether oxygens (including phenoxy) is 1. The average molecular weight is 406 g/mol. The van der Waals surface area contributed by atoms with Gasteiger partial charge in [-0.1, -0.05) is 47.1 Å². The van der Waals surface area contributed by atoms with E-state index in [2.05, 4.69) is 10.1 Å². The third-order valence-corrected chi connectivity index (χ3v) is 5.08. The minimum atomic E-state index is -0.513. The van der Waals surface area contributed by atoms with Crippen molar-refractivity contribution in [3.05, 3.63) is 76.4 Å². The molecule has 0 spiro atoms. The quantitative estimate of drug-likeness (QED) is 0.648. The fourth-order valence-corrected chi connectivity index (χ4v) is 3.31. The molecule has 0 saturated heterocycles. The van der Waals surface area contributed by atoms with Crippen LogP contribution in [0.4, 0.5) is 0 Å². The van der Waals surface area contributed by atoms with E-state index in [4.69, 9.17) is 26.6 Å². The van der Waals surface area contributed by atoms with E-state index in [0.29, 0.717) is 22.5 Å². The van der Waals surface area contributed by atoms with Crippen LogP contribution < -0.4 is 10.5 Å². The van der Waals surface area contributed by atoms with Gasteiger partial charge in [0.05, 0.1) is 5.54 Å². The fourth-order valence-electron chi connectivity index (χ4n) is 3.09. The van der Waals surface area contributed by atoms with Crippen molar-refractivity contribution in [1.82, 2.24) is 10.1 Å². The molecule has 0 bridgehead atoms. The first-order valence-corrected chi connectivity index (χ1v) is 9.04. The molecule has 1 aliphatic carbocycles. The third-order valence-electron chi connectivity index (χ3n) is 4.84. The number of nitrogens with zero attached hydrogens (tertiary/aromatic N) is 2. The Morgan fingerprint density at radius 1 is 1.19 bits per heavy atom. The Kier molecular flexibility index (Phi) is 5.75. The van der Waals surface area contributed by atoms with Crippen LogP contribution in [0.1, 0.15) is 48.2 Å². The highest BCUT2D eigenvalue weighted by Crippen LogP contribution is 2.38. The summed E-state index contributed by atoms with van der Waals surface area (Å²) in [5.41, 5.74) is 7.72. The molecule has 2 N–H and O–H groups in total. The maximum absolute atomic E-state index is 6.33. The lowest BCUT2D eigenvalue weighted by Crippen LogP contribution is -2.44. The van der Waals surface area contributed by atoms with Gasteiger partial charge in [-0.15, -0.1) is 12.4 Å². The predicted octanol–water partition coefficient (Wildman–Crippen LogP) is 4.96. The van der Waals surface area contributed by atoms with Crippen molar-refractivity contribution in [1.29, 1.82) is 0 Å². The molecular formula is C20H21Cl2N3O2. The second kappa shape index (κ2) is 7.89. The fraction of sp³-hybridized carbons (Fsp3) is 0.300. The van der Waals surface area contributed by atoms with Crippen LogP contribution in [0.15, 0.2) is 53.1 Å². The zero-order chi connectivity index (χ0) is 18.1. The highest BCUT2D eigenvalue weighted by molar-refractivity contribution is 6.30. The van der Waals surface area contributed by atoms with Gasteiger partial charge in [0.15, 0.2) is 5.82 Å². The van der Waals surface area contributed by atoms with Crippen molar-refractivity contribution in [2.75, 3.05) is 0 Å². The number of hydrogen-bond acceptors (Lipinski definition) is 5. The van der Waals surface area contributed by atoms with Gasteiger partial charge >= 0.3 is 0 Å². The van der Waals surface area contributed by atoms with Crippen molar-refractivity contribution < 1.29 is 9.26 Å². The van der Waals surface area contributed by atoms with E-state index in [-0.39, 0.29) is 12.4 Å². The number of aromatic nitrogens is 2. The largest absolute Gasteiger partial charge is 0.476 e. The van der Waals surface area contributed by atoms with Gasteiger partial charge in [0.25, 0.3) is 5.89 Å². The minimum absolute atomic E-state index is 0. The topological polar surface area (TPSA) is 74.2 Å². The summed E-state index contributed by atoms with van der Waals surface area (Å²) in [7, 11) is 0. The number of nitrogens with two attached hydrogens (primary N) is 1. The van der Waals surface area contributed by atoms with Gasteiger partial charge in [-0.25, -0.2) is 0 Å². The summed E-state index contributed by atoms with van der Waals surface area (Å²) in [4.78, 5) is 4.57. The molecule has 1 atom stereocenters. The lowest BCUT2D eigenvalue weighted by Gasteiger charge is -2.34. The molecule has 0 amide bonds. The molecule has 7 heteroatoms. The molecule has 1 fully saturated rings. The molecule has 1 unspecified atom stereocenters. The number of aryl methyl sites for hydroxylation is 1. The predicted molar refractivity (Wildman–Crippen MR) is 106 cm³/mol. The molecule has 1 heterocycles. The lowest BCUT2D eigenvalue weighted by atomic mass is 9.77. The SMILES string of the molecule is Cc1cc(Cl)ccc1OC(c1ccccc1)c1nc(C2(N)CCC2)no1.Cl. The number of hydrogen-bond donors (Lipinski definition) is 1. The molecule has 0 aliphatic heterocycles. The summed E-state index contributed by atoms with van der Waals surface area (Å²) < 4.78 is 11.8. The Balaban J connectivity index is 0.00000210. The molecule has 0 radical (unpaired) electrons. The number of benzene rings is 2. The van der Waals surface area contributed by atoms with Crippen LogP contribution in [0.3, 0.4) is 0 Å². The Morgan fingerprint density at radius 3 is 2.56 bits per heavy atom. The van der Waals surface area contributed by atoms with Gasteiger partial charge in [-0.3, -0.25) is 0 Å². The molecule has 1 saturated carbocycles. The number of rotatable bonds is 5. The second-order valence-electron chi connectivity index (χ2n) is 6.78. The molecule has 1 aromatic heterocycles. The van der Waals surface area contributed by atoms with E-state index in [9.17, 15) is 0 Å². The molecule has 4 rings (SSSR count). The highest BCUT2D eigenvalue weighted by Gasteiger charge is 2.40. The normalized spacial score (nSPS) is 16.1. The first kappa shape index (κ1) is 19.7. The maximum atomic E-state index is 6.33. The first-order chi connectivity index (χ1) is 12.5. The van der Waals surface area contributed by atoms with Gasteiger partial charge in [0.2, 0.25) is 6.10 Å². The van der Waals surface area contributed by atoms with Crippen molar-refractivity contribution in [3.63, 3.8) is 0 Å². The van der Waals surface area contributed by atoms with Gasteiger partial charge in [0.1, 0.15) is 5.75 Å². The Hall–Kier alpha value is -2.08. The number of halogens is 2. The standard InChI is InChI=1S/C20H20ClN3O2.ClH/c1-13-12-15(21)8-9-16(13)25-17(14-6-3-2-4-7-14)18-23-19(24-26-18)20(22)10-5-11-20;/h2-4,6-9,12,17H,5,10-11,22H2,1H3;1H. The van der Waals surface area contributed by atoms with Crippen molar-refractivity contribution in [2.24, 2.45) is 5.73 Å². The third kappa shape index (κ3) is 3.95. The zero-order valence-electron chi connectivity index (χ0n) is 14.9. The summed E-state index contributed by atoms with van der Waals surface area (Å²) in [5, 5.41) is 4.79. The molecule has 3 aromatic rings. The summed E-state index contributed by atoms with van der Waals surface area (Å²) >= 11 is 6.05. The van der Waals surface area contributed by atoms with Gasteiger partial charge in [-0.05, 0) is 49.9 Å². The van der Waals surface area contributed by atoms with Crippen LogP contribution in [0, 0.1) is 6.92 Å². The molecule has 142 valence electrons. The molecule has 27 heavy (non-hydrogen) atoms. The molecule has 1 aliphatic rings. The van der Waals surface area contributed by atoms with Crippen molar-refractivity contribution >= 4 is 24.0 Å².